The molecule has 0 spiro atoms. The highest BCUT2D eigenvalue weighted by molar-refractivity contribution is 5.15. The number of unbranched alkanes of at least 4 members (excludes halogenated alkanes) is 1. The molecule has 4 N–H and O–H groups in total. The molecule has 0 aromatic heterocycles. The molecule has 0 saturated heterocycles. The summed E-state index contributed by atoms with van der Waals surface area (Å²) in [5, 5.41) is 1.59. The predicted molar refractivity (Wildman–Crippen MR) is 73.4 cm³/mol. The molecule has 0 bridgehead atoms. The highest BCUT2D eigenvalue weighted by atomic mass is 15.4. The van der Waals surface area contributed by atoms with Crippen molar-refractivity contribution in [3.8, 4) is 0 Å². The molecule has 0 amide bonds. The van der Waals surface area contributed by atoms with E-state index in [1.165, 1.54) is 5.56 Å². The molecule has 0 radical (unpaired) electrons. The summed E-state index contributed by atoms with van der Waals surface area (Å²) in [6.07, 6.45) is 3.53. The molecule has 1 unspecified atom stereocenters. The Morgan fingerprint density at radius 2 is 2.06 bits per heavy atom. The Bertz CT molecular complexity index is 318. The molecule has 0 aliphatic heterocycles. The molecule has 0 aliphatic rings. The second-order valence-corrected chi connectivity index (χ2v) is 4.46. The summed E-state index contributed by atoms with van der Waals surface area (Å²) in [6, 6.07) is 10.1. The van der Waals surface area contributed by atoms with Crippen LogP contribution in [0, 0.1) is 0 Å². The third-order valence-corrected chi connectivity index (χ3v) is 2.75. The maximum absolute atomic E-state index is 7.97. The average Bonchev–Trinajstić information content (AvgIpc) is 2.36. The topological polar surface area (TPSA) is 55.3 Å². The van der Waals surface area contributed by atoms with Crippen molar-refractivity contribution in [1.29, 1.82) is 0 Å². The Labute approximate surface area is 106 Å². The van der Waals surface area contributed by atoms with Crippen LogP contribution < -0.4 is 11.6 Å². The number of hydrogen-bond donors (Lipinski definition) is 2. The van der Waals surface area contributed by atoms with Gasteiger partial charge in [0.2, 0.25) is 0 Å². The Morgan fingerprint density at radius 3 is 2.71 bits per heavy atom. The Hall–Kier alpha value is -0.900. The Kier molecular flexibility index (Phi) is 6.08. The second-order valence-electron chi connectivity index (χ2n) is 4.46. The van der Waals surface area contributed by atoms with E-state index in [9.17, 15) is 0 Å². The van der Waals surface area contributed by atoms with Crippen LogP contribution in [0.5, 0.6) is 0 Å². The largest absolute Gasteiger partial charge is 0.327 e. The maximum atomic E-state index is 7.97. The first-order chi connectivity index (χ1) is 8.63. The van der Waals surface area contributed by atoms with Gasteiger partial charge in [0.1, 0.15) is 0 Å². The van der Waals surface area contributed by atoms with Gasteiger partial charge in [0.05, 0.1) is 0 Å². The lowest BCUT2D eigenvalue weighted by molar-refractivity contribution is 0.266. The normalized spacial score (nSPS) is 15.6. The smallest absolute Gasteiger partial charge is 0.0446 e. The summed E-state index contributed by atoms with van der Waals surface area (Å²) in [5.74, 6) is 5.84. The number of rotatable bonds is 8. The molecule has 0 aliphatic carbocycles. The summed E-state index contributed by atoms with van der Waals surface area (Å²) in [5.41, 5.74) is 7.29. The van der Waals surface area contributed by atoms with Gasteiger partial charge in [-0.3, -0.25) is 5.84 Å². The van der Waals surface area contributed by atoms with E-state index in [2.05, 4.69) is 19.1 Å². The van der Waals surface area contributed by atoms with E-state index >= 15 is 0 Å². The molecule has 0 fully saturated rings. The van der Waals surface area contributed by atoms with Gasteiger partial charge in [0, 0.05) is 20.5 Å². The monoisotopic (exact) mass is 236 g/mol. The van der Waals surface area contributed by atoms with Crippen molar-refractivity contribution in [2.75, 3.05) is 13.1 Å². The molecule has 0 saturated carbocycles. The van der Waals surface area contributed by atoms with Crippen LogP contribution in [0.3, 0.4) is 0 Å². The quantitative estimate of drug-likeness (QED) is 0.535. The predicted octanol–water partition coefficient (Wildman–Crippen LogP) is 1.92. The molecule has 17 heavy (non-hydrogen) atoms. The summed E-state index contributed by atoms with van der Waals surface area (Å²) >= 11 is 0. The zero-order chi connectivity index (χ0) is 13.4. The van der Waals surface area contributed by atoms with Gasteiger partial charge < -0.3 is 5.73 Å². The molecule has 96 valence electrons. The fraction of sp³-hybridized carbons (Fsp3) is 0.571. The SMILES string of the molecule is [2H]C(C[C@@H](N)Cc1ccccc1)N(N)CCCC. The minimum atomic E-state index is -0.407. The summed E-state index contributed by atoms with van der Waals surface area (Å²) < 4.78 is 7.97. The number of hydrogen-bond acceptors (Lipinski definition) is 3. The summed E-state index contributed by atoms with van der Waals surface area (Å²) in [7, 11) is 0. The van der Waals surface area contributed by atoms with Gasteiger partial charge >= 0.3 is 0 Å². The zero-order valence-corrected chi connectivity index (χ0v) is 10.7. The fourth-order valence-corrected chi connectivity index (χ4v) is 1.70. The Morgan fingerprint density at radius 1 is 1.35 bits per heavy atom. The van der Waals surface area contributed by atoms with E-state index in [1.54, 1.807) is 5.01 Å². The number of benzene rings is 1. The van der Waals surface area contributed by atoms with E-state index in [4.69, 9.17) is 12.9 Å². The van der Waals surface area contributed by atoms with Crippen LogP contribution in [-0.4, -0.2) is 24.1 Å². The van der Waals surface area contributed by atoms with E-state index in [0.717, 1.165) is 25.8 Å². The first-order valence-electron chi connectivity index (χ1n) is 6.94. The van der Waals surface area contributed by atoms with Crippen LogP contribution in [0.1, 0.15) is 33.1 Å². The van der Waals surface area contributed by atoms with Crippen molar-refractivity contribution in [2.24, 2.45) is 11.6 Å². The first-order valence-corrected chi connectivity index (χ1v) is 6.36. The van der Waals surface area contributed by atoms with Crippen LogP contribution in [0.4, 0.5) is 0 Å². The number of nitrogens with two attached hydrogens (primary N) is 2. The van der Waals surface area contributed by atoms with Crippen LogP contribution in [0.25, 0.3) is 0 Å². The molecule has 2 atom stereocenters. The van der Waals surface area contributed by atoms with Gasteiger partial charge in [-0.05, 0) is 24.8 Å². The molecular weight excluding hydrogens is 210 g/mol. The minimum Gasteiger partial charge on any atom is -0.327 e. The van der Waals surface area contributed by atoms with Gasteiger partial charge in [-0.2, -0.15) is 0 Å². The summed E-state index contributed by atoms with van der Waals surface area (Å²) in [4.78, 5) is 0. The van der Waals surface area contributed by atoms with Crippen LogP contribution in [-0.2, 0) is 6.42 Å². The summed E-state index contributed by atoms with van der Waals surface area (Å²) in [6.45, 7) is 2.48. The molecule has 3 heteroatoms. The van der Waals surface area contributed by atoms with E-state index in [1.807, 2.05) is 18.2 Å². The van der Waals surface area contributed by atoms with Crippen LogP contribution >= 0.6 is 0 Å². The molecule has 1 rings (SSSR count). The standard InChI is InChI=1S/C14H25N3/c1-2-3-10-17(16)11-9-14(15)12-13-7-5-4-6-8-13/h4-8,14H,2-3,9-12,15-16H2,1H3/t14-/m1/s1/i11D/t11?,14-. The lowest BCUT2D eigenvalue weighted by Gasteiger charge is -2.18. The maximum Gasteiger partial charge on any atom is 0.0446 e. The Balaban J connectivity index is 2.33. The van der Waals surface area contributed by atoms with Gasteiger partial charge in [-0.1, -0.05) is 43.7 Å². The van der Waals surface area contributed by atoms with Gasteiger partial charge in [-0.25, -0.2) is 5.01 Å². The third-order valence-electron chi connectivity index (χ3n) is 2.75. The van der Waals surface area contributed by atoms with Crippen LogP contribution in [0.15, 0.2) is 30.3 Å². The first kappa shape index (κ1) is 12.6. The molecule has 1 aromatic carbocycles. The highest BCUT2D eigenvalue weighted by Gasteiger charge is 2.06. The second kappa shape index (κ2) is 8.23. The van der Waals surface area contributed by atoms with Gasteiger partial charge in [0.15, 0.2) is 0 Å². The number of hydrazine groups is 1. The lowest BCUT2D eigenvalue weighted by atomic mass is 10.0. The van der Waals surface area contributed by atoms with E-state index < -0.39 is 6.52 Å². The van der Waals surface area contributed by atoms with Crippen molar-refractivity contribution in [3.05, 3.63) is 35.9 Å². The molecular formula is C14H25N3. The van der Waals surface area contributed by atoms with E-state index in [-0.39, 0.29) is 6.04 Å². The van der Waals surface area contributed by atoms with E-state index in [0.29, 0.717) is 6.42 Å². The van der Waals surface area contributed by atoms with Crippen molar-refractivity contribution in [3.63, 3.8) is 0 Å². The average molecular weight is 236 g/mol. The molecule has 0 heterocycles. The zero-order valence-electron chi connectivity index (χ0n) is 11.7. The minimum absolute atomic E-state index is 0.0115. The van der Waals surface area contributed by atoms with Crippen molar-refractivity contribution >= 4 is 0 Å². The van der Waals surface area contributed by atoms with Crippen molar-refractivity contribution < 1.29 is 1.37 Å². The van der Waals surface area contributed by atoms with Gasteiger partial charge in [-0.15, -0.1) is 0 Å². The van der Waals surface area contributed by atoms with Crippen molar-refractivity contribution in [2.45, 2.75) is 38.6 Å². The van der Waals surface area contributed by atoms with Crippen LogP contribution in [0.2, 0.25) is 0 Å². The molecule has 3 nitrogen and oxygen atoms in total. The lowest BCUT2D eigenvalue weighted by Crippen LogP contribution is -2.36. The van der Waals surface area contributed by atoms with Crippen molar-refractivity contribution in [1.82, 2.24) is 5.01 Å². The van der Waals surface area contributed by atoms with Gasteiger partial charge in [0.25, 0.3) is 0 Å². The molecule has 1 aromatic rings. The fourth-order valence-electron chi connectivity index (χ4n) is 1.70. The highest BCUT2D eigenvalue weighted by Crippen LogP contribution is 2.04. The third kappa shape index (κ3) is 6.41. The number of nitrogens with zero attached hydrogens (tertiary/aromatic N) is 1.